The molecule has 0 unspecified atom stereocenters. The molecular weight excluding hydrogens is 1030 g/mol. The van der Waals surface area contributed by atoms with Gasteiger partial charge in [0.1, 0.15) is 0 Å². The van der Waals surface area contributed by atoms with E-state index in [1.807, 2.05) is 43.3 Å². The van der Waals surface area contributed by atoms with Gasteiger partial charge in [-0.05, 0) is 110 Å². The molecule has 0 bridgehead atoms. The average Bonchev–Trinajstić information content (AvgIpc) is 3.92. The molecule has 5 nitrogen and oxygen atoms in total. The molecule has 4 aromatic heterocycles. The van der Waals surface area contributed by atoms with Crippen LogP contribution in [0.15, 0.2) is 174 Å². The quantitative estimate of drug-likeness (QED) is 0.112. The first kappa shape index (κ1) is 46.4. The van der Waals surface area contributed by atoms with E-state index in [2.05, 4.69) is 203 Å². The van der Waals surface area contributed by atoms with Gasteiger partial charge in [0.05, 0.1) is 30.5 Å². The van der Waals surface area contributed by atoms with Crippen molar-refractivity contribution in [3.05, 3.63) is 199 Å². The van der Waals surface area contributed by atoms with E-state index in [9.17, 15) is 0 Å². The Kier molecular flexibility index (Phi) is 13.0. The Labute approximate surface area is 414 Å². The fourth-order valence-corrected chi connectivity index (χ4v) is 10.8. The summed E-state index contributed by atoms with van der Waals surface area (Å²) in [5, 5.41) is 5.99. The number of nitrogens with zero attached hydrogens (tertiary/aromatic N) is 4. The Balaban J connectivity index is 0.000000185. The zero-order valence-corrected chi connectivity index (χ0v) is 43.2. The van der Waals surface area contributed by atoms with Gasteiger partial charge in [0, 0.05) is 43.1 Å². The molecule has 11 aromatic rings. The SMILES string of the molecule is C[Si](C)(C)c1cnc(-c2[c-]cccc2)cc1-c1cccc2ccccc12.Cc1ccc2c(n1)oc1c(-c3nc4ccccc4n3-c3c(C(C)C)cc(-c4ccccc4)cc3C(C)C)[c-]ccc12.[Ir]. The van der Waals surface area contributed by atoms with Crippen molar-refractivity contribution >= 4 is 57.1 Å². The van der Waals surface area contributed by atoms with Gasteiger partial charge < -0.3 is 14.0 Å². The van der Waals surface area contributed by atoms with Crippen LogP contribution in [0.3, 0.4) is 0 Å². The van der Waals surface area contributed by atoms with Crippen molar-refractivity contribution in [3.8, 4) is 50.6 Å². The molecule has 0 fully saturated rings. The maximum atomic E-state index is 6.44. The van der Waals surface area contributed by atoms with Crippen LogP contribution < -0.4 is 5.19 Å². The third-order valence-corrected chi connectivity index (χ3v) is 14.8. The van der Waals surface area contributed by atoms with Crippen molar-refractivity contribution in [2.45, 2.75) is 66.1 Å². The summed E-state index contributed by atoms with van der Waals surface area (Å²) in [6.45, 7) is 18.2. The molecule has 0 saturated carbocycles. The number of benzene rings is 7. The van der Waals surface area contributed by atoms with Gasteiger partial charge in [-0.15, -0.1) is 54.1 Å². The van der Waals surface area contributed by atoms with Crippen LogP contribution in [0.4, 0.5) is 0 Å². The molecule has 11 rings (SSSR count). The number of hydrogen-bond donors (Lipinski definition) is 0. The van der Waals surface area contributed by atoms with Crippen LogP contribution in [0, 0.1) is 19.1 Å². The Morgan fingerprint density at radius 3 is 2.04 bits per heavy atom. The summed E-state index contributed by atoms with van der Waals surface area (Å²) in [6, 6.07) is 64.2. The first-order valence-electron chi connectivity index (χ1n) is 23.3. The third kappa shape index (κ3) is 8.78. The summed E-state index contributed by atoms with van der Waals surface area (Å²) in [5.41, 5.74) is 16.0. The second-order valence-corrected chi connectivity index (χ2v) is 24.1. The van der Waals surface area contributed by atoms with E-state index in [0.717, 1.165) is 55.7 Å². The molecule has 0 amide bonds. The summed E-state index contributed by atoms with van der Waals surface area (Å²) in [6.07, 6.45) is 2.10. The molecule has 1 radical (unpaired) electrons. The summed E-state index contributed by atoms with van der Waals surface area (Å²) in [4.78, 5) is 14.7. The van der Waals surface area contributed by atoms with Crippen LogP contribution in [0.2, 0.25) is 19.6 Å². The van der Waals surface area contributed by atoms with Crippen LogP contribution >= 0.6 is 0 Å². The van der Waals surface area contributed by atoms with Crippen LogP contribution in [-0.4, -0.2) is 27.6 Å². The average molecular weight is 1080 g/mol. The van der Waals surface area contributed by atoms with Gasteiger partial charge in [-0.3, -0.25) is 4.98 Å². The van der Waals surface area contributed by atoms with Crippen LogP contribution in [-0.2, 0) is 20.1 Å². The predicted molar refractivity (Wildman–Crippen MR) is 283 cm³/mol. The first-order chi connectivity index (χ1) is 32.4. The van der Waals surface area contributed by atoms with Crippen molar-refractivity contribution in [1.29, 1.82) is 0 Å². The number of imidazole rings is 1. The Hall–Kier alpha value is -6.76. The molecule has 7 heteroatoms. The molecule has 0 atom stereocenters. The largest absolute Gasteiger partial charge is 0.486 e. The summed E-state index contributed by atoms with van der Waals surface area (Å²) in [7, 11) is -1.54. The van der Waals surface area contributed by atoms with E-state index in [1.54, 1.807) is 0 Å². The smallest absolute Gasteiger partial charge is 0.216 e. The Morgan fingerprint density at radius 2 is 1.31 bits per heavy atom. The number of rotatable bonds is 8. The van der Waals surface area contributed by atoms with Gasteiger partial charge in [0.2, 0.25) is 5.71 Å². The Morgan fingerprint density at radius 1 is 0.603 bits per heavy atom. The molecule has 0 saturated heterocycles. The second kappa shape index (κ2) is 19.1. The number of para-hydroxylation sites is 2. The van der Waals surface area contributed by atoms with E-state index in [1.165, 1.54) is 55.0 Å². The van der Waals surface area contributed by atoms with E-state index in [4.69, 9.17) is 14.4 Å². The maximum Gasteiger partial charge on any atom is 0.216 e. The van der Waals surface area contributed by atoms with Gasteiger partial charge in [0.25, 0.3) is 0 Å². The topological polar surface area (TPSA) is 56.7 Å². The van der Waals surface area contributed by atoms with Gasteiger partial charge in [0.15, 0.2) is 0 Å². The molecule has 0 aliphatic heterocycles. The van der Waals surface area contributed by atoms with E-state index >= 15 is 0 Å². The van der Waals surface area contributed by atoms with E-state index in [-0.39, 0.29) is 20.1 Å². The molecule has 4 heterocycles. The van der Waals surface area contributed by atoms with Gasteiger partial charge in [-0.1, -0.05) is 149 Å². The fourth-order valence-electron chi connectivity index (χ4n) is 9.35. The minimum Gasteiger partial charge on any atom is -0.486 e. The molecular formula is C61H54IrN4OSi-2. The number of pyridine rings is 2. The zero-order valence-electron chi connectivity index (χ0n) is 39.9. The first-order valence-corrected chi connectivity index (χ1v) is 26.8. The van der Waals surface area contributed by atoms with Crippen molar-refractivity contribution < 1.29 is 24.5 Å². The van der Waals surface area contributed by atoms with Crippen molar-refractivity contribution in [3.63, 3.8) is 0 Å². The number of aromatic nitrogens is 4. The van der Waals surface area contributed by atoms with Crippen LogP contribution in [0.5, 0.6) is 0 Å². The van der Waals surface area contributed by atoms with Gasteiger partial charge in [-0.25, -0.2) is 4.98 Å². The summed E-state index contributed by atoms with van der Waals surface area (Å²) >= 11 is 0. The molecule has 7 aromatic carbocycles. The fraction of sp³-hybridized carbons (Fsp3) is 0.164. The van der Waals surface area contributed by atoms with Crippen LogP contribution in [0.1, 0.15) is 56.4 Å². The van der Waals surface area contributed by atoms with Gasteiger partial charge >= 0.3 is 0 Å². The number of furan rings is 1. The minimum absolute atomic E-state index is 0. The van der Waals surface area contributed by atoms with Crippen molar-refractivity contribution in [2.24, 2.45) is 0 Å². The molecule has 0 spiro atoms. The zero-order chi connectivity index (χ0) is 46.4. The standard InChI is InChI=1S/C37H32N3O.C24H22NSi.Ir/c1-22(2)30-20-26(25-12-7-6-8-13-25)21-31(23(3)4)34(30)40-33-17-10-9-16-32(33)39-36(40)29-15-11-14-27-28-19-18-24(5)38-37(28)41-35(27)29;1-26(2,3)24-17-25-23(19-11-5-4-6-12-19)16-22(24)21-15-9-13-18-10-7-8-14-20(18)21;/h6-14,16-23H,1-5H3;4-11,13-17H,1-3H3;/q2*-1;. The molecule has 0 aliphatic rings. The van der Waals surface area contributed by atoms with Crippen LogP contribution in [0.25, 0.3) is 94.5 Å². The summed E-state index contributed by atoms with van der Waals surface area (Å²) in [5.74, 6) is 1.40. The molecule has 68 heavy (non-hydrogen) atoms. The maximum absolute atomic E-state index is 6.44. The summed E-state index contributed by atoms with van der Waals surface area (Å²) < 4.78 is 8.78. The Bertz CT molecular complexity index is 3550. The van der Waals surface area contributed by atoms with Crippen molar-refractivity contribution in [2.75, 3.05) is 0 Å². The van der Waals surface area contributed by atoms with E-state index in [0.29, 0.717) is 17.5 Å². The number of fused-ring (bicyclic) bond motifs is 5. The van der Waals surface area contributed by atoms with E-state index < -0.39 is 8.07 Å². The number of hydrogen-bond acceptors (Lipinski definition) is 4. The molecule has 0 aliphatic carbocycles. The second-order valence-electron chi connectivity index (χ2n) is 19.1. The number of aryl methyl sites for hydroxylation is 1. The third-order valence-electron chi connectivity index (χ3n) is 12.7. The monoisotopic (exact) mass is 1080 g/mol. The normalized spacial score (nSPS) is 11.7. The van der Waals surface area contributed by atoms with Crippen molar-refractivity contribution in [1.82, 2.24) is 19.5 Å². The minimum atomic E-state index is -1.54. The molecule has 0 N–H and O–H groups in total. The predicted octanol–water partition coefficient (Wildman–Crippen LogP) is 15.9. The molecule has 339 valence electrons. The van der Waals surface area contributed by atoms with Gasteiger partial charge in [-0.2, -0.15) is 0 Å².